The number of amides is 1. The van der Waals surface area contributed by atoms with Crippen LogP contribution in [0, 0.1) is 23.4 Å². The van der Waals surface area contributed by atoms with E-state index in [-0.39, 0.29) is 24.6 Å². The van der Waals surface area contributed by atoms with Gasteiger partial charge in [-0.2, -0.15) is 0 Å². The van der Waals surface area contributed by atoms with E-state index in [0.29, 0.717) is 5.92 Å². The molecule has 7 heteroatoms. The van der Waals surface area contributed by atoms with E-state index in [1.807, 2.05) is 0 Å². The second-order valence-corrected chi connectivity index (χ2v) is 4.38. The van der Waals surface area contributed by atoms with Gasteiger partial charge in [-0.15, -0.1) is 12.4 Å². The third kappa shape index (κ3) is 4.72. The molecular weight excluding hydrogens is 281 g/mol. The highest BCUT2D eigenvalue weighted by atomic mass is 35.5. The first-order valence-corrected chi connectivity index (χ1v) is 5.71. The molecule has 0 bridgehead atoms. The smallest absolute Gasteiger partial charge is 0.238 e. The zero-order chi connectivity index (χ0) is 13.1. The summed E-state index contributed by atoms with van der Waals surface area (Å²) in [7, 11) is 0. The summed E-state index contributed by atoms with van der Waals surface area (Å²) in [5.41, 5.74) is -0.0929. The molecule has 1 saturated carbocycles. The van der Waals surface area contributed by atoms with Crippen LogP contribution in [0.1, 0.15) is 12.8 Å². The zero-order valence-corrected chi connectivity index (χ0v) is 10.8. The van der Waals surface area contributed by atoms with Crippen LogP contribution in [0.2, 0.25) is 0 Å². The lowest BCUT2D eigenvalue weighted by Crippen LogP contribution is -2.29. The van der Waals surface area contributed by atoms with Crippen LogP contribution < -0.4 is 10.6 Å². The number of anilines is 1. The van der Waals surface area contributed by atoms with Gasteiger partial charge < -0.3 is 10.6 Å². The minimum Gasteiger partial charge on any atom is -0.325 e. The number of carbonyl (C=O) groups excluding carboxylic acids is 1. The van der Waals surface area contributed by atoms with Gasteiger partial charge in [0.25, 0.3) is 0 Å². The molecule has 1 aliphatic carbocycles. The predicted octanol–water partition coefficient (Wildman–Crippen LogP) is 2.46. The highest BCUT2D eigenvalue weighted by molar-refractivity contribution is 5.92. The SMILES string of the molecule is Cl.O=C(CNCC1CC1)Nc1cc(F)c(F)c(F)c1. The highest BCUT2D eigenvalue weighted by Crippen LogP contribution is 2.27. The second kappa shape index (κ2) is 6.77. The van der Waals surface area contributed by atoms with E-state index in [4.69, 9.17) is 0 Å². The molecule has 0 spiro atoms. The molecule has 0 saturated heterocycles. The van der Waals surface area contributed by atoms with Crippen molar-refractivity contribution in [1.29, 1.82) is 0 Å². The van der Waals surface area contributed by atoms with Crippen LogP contribution in [0.15, 0.2) is 12.1 Å². The van der Waals surface area contributed by atoms with Crippen molar-refractivity contribution in [3.63, 3.8) is 0 Å². The van der Waals surface area contributed by atoms with Crippen LogP contribution in [-0.4, -0.2) is 19.0 Å². The van der Waals surface area contributed by atoms with Crippen molar-refractivity contribution in [2.45, 2.75) is 12.8 Å². The maximum atomic E-state index is 12.9. The van der Waals surface area contributed by atoms with Gasteiger partial charge in [-0.3, -0.25) is 4.79 Å². The molecular formula is C12H14ClF3N2O. The molecule has 106 valence electrons. The van der Waals surface area contributed by atoms with E-state index >= 15 is 0 Å². The molecule has 1 aliphatic rings. The Labute approximate surface area is 115 Å². The predicted molar refractivity (Wildman–Crippen MR) is 67.8 cm³/mol. The molecule has 1 fully saturated rings. The Balaban J connectivity index is 0.00000180. The van der Waals surface area contributed by atoms with Gasteiger partial charge >= 0.3 is 0 Å². The first-order chi connectivity index (χ1) is 8.56. The third-order valence-corrected chi connectivity index (χ3v) is 2.68. The maximum Gasteiger partial charge on any atom is 0.238 e. The van der Waals surface area contributed by atoms with Crippen molar-refractivity contribution in [3.8, 4) is 0 Å². The number of benzene rings is 1. The summed E-state index contributed by atoms with van der Waals surface area (Å²) in [6.45, 7) is 0.830. The van der Waals surface area contributed by atoms with Gasteiger partial charge in [-0.1, -0.05) is 0 Å². The lowest BCUT2D eigenvalue weighted by atomic mass is 10.3. The van der Waals surface area contributed by atoms with E-state index in [1.165, 1.54) is 12.8 Å². The van der Waals surface area contributed by atoms with E-state index in [2.05, 4.69) is 10.6 Å². The average molecular weight is 295 g/mol. The molecule has 0 heterocycles. The standard InChI is InChI=1S/C12H13F3N2O.ClH/c13-9-3-8(4-10(14)12(9)15)17-11(18)6-16-5-7-1-2-7;/h3-4,7,16H,1-2,5-6H2,(H,17,18);1H. The Morgan fingerprint density at radius 1 is 1.21 bits per heavy atom. The van der Waals surface area contributed by atoms with Gasteiger partial charge in [0, 0.05) is 17.8 Å². The molecule has 0 unspecified atom stereocenters. The minimum atomic E-state index is -1.54. The molecule has 19 heavy (non-hydrogen) atoms. The molecule has 1 amide bonds. The van der Waals surface area contributed by atoms with E-state index < -0.39 is 23.4 Å². The van der Waals surface area contributed by atoms with Crippen LogP contribution in [-0.2, 0) is 4.79 Å². The summed E-state index contributed by atoms with van der Waals surface area (Å²) in [5.74, 6) is -3.97. The van der Waals surface area contributed by atoms with Crippen molar-refractivity contribution in [3.05, 3.63) is 29.6 Å². The lowest BCUT2D eigenvalue weighted by Gasteiger charge is -2.07. The Morgan fingerprint density at radius 3 is 2.32 bits per heavy atom. The van der Waals surface area contributed by atoms with Crippen LogP contribution >= 0.6 is 12.4 Å². The van der Waals surface area contributed by atoms with Crippen LogP contribution in [0.3, 0.4) is 0 Å². The number of hydrogen-bond donors (Lipinski definition) is 2. The van der Waals surface area contributed by atoms with Gasteiger partial charge in [0.2, 0.25) is 5.91 Å². The Hall–Kier alpha value is -1.27. The summed E-state index contributed by atoms with van der Waals surface area (Å²) < 4.78 is 38.4. The van der Waals surface area contributed by atoms with Crippen molar-refractivity contribution in [1.82, 2.24) is 5.32 Å². The van der Waals surface area contributed by atoms with Crippen LogP contribution in [0.4, 0.5) is 18.9 Å². The summed E-state index contributed by atoms with van der Waals surface area (Å²) in [4.78, 5) is 11.4. The van der Waals surface area contributed by atoms with E-state index in [1.54, 1.807) is 0 Å². The molecule has 0 radical (unpaired) electrons. The Bertz CT molecular complexity index is 443. The summed E-state index contributed by atoms with van der Waals surface area (Å²) >= 11 is 0. The zero-order valence-electron chi connectivity index (χ0n) is 10.0. The fourth-order valence-electron chi connectivity index (χ4n) is 1.54. The van der Waals surface area contributed by atoms with Gasteiger partial charge in [-0.05, 0) is 25.3 Å². The Kier molecular flexibility index (Phi) is 5.62. The number of halogens is 4. The molecule has 0 aliphatic heterocycles. The van der Waals surface area contributed by atoms with Crippen molar-refractivity contribution >= 4 is 24.0 Å². The average Bonchev–Trinajstić information content (AvgIpc) is 3.09. The quantitative estimate of drug-likeness (QED) is 0.819. The number of nitrogens with one attached hydrogen (secondary N) is 2. The normalized spacial score (nSPS) is 13.8. The van der Waals surface area contributed by atoms with Crippen LogP contribution in [0.5, 0.6) is 0 Å². The monoisotopic (exact) mass is 294 g/mol. The van der Waals surface area contributed by atoms with Crippen molar-refractivity contribution < 1.29 is 18.0 Å². The topological polar surface area (TPSA) is 41.1 Å². The highest BCUT2D eigenvalue weighted by Gasteiger charge is 2.20. The maximum absolute atomic E-state index is 12.9. The van der Waals surface area contributed by atoms with E-state index in [0.717, 1.165) is 18.7 Å². The Morgan fingerprint density at radius 2 is 1.79 bits per heavy atom. The molecule has 1 aromatic carbocycles. The van der Waals surface area contributed by atoms with Gasteiger partial charge in [0.1, 0.15) is 0 Å². The number of carbonyl (C=O) groups is 1. The second-order valence-electron chi connectivity index (χ2n) is 4.38. The molecule has 1 aromatic rings. The third-order valence-electron chi connectivity index (χ3n) is 2.68. The van der Waals surface area contributed by atoms with E-state index in [9.17, 15) is 18.0 Å². The van der Waals surface area contributed by atoms with Crippen LogP contribution in [0.25, 0.3) is 0 Å². The van der Waals surface area contributed by atoms with Gasteiger partial charge in [-0.25, -0.2) is 13.2 Å². The first-order valence-electron chi connectivity index (χ1n) is 5.71. The number of hydrogen-bond acceptors (Lipinski definition) is 2. The number of rotatable bonds is 5. The van der Waals surface area contributed by atoms with Gasteiger partial charge in [0.05, 0.1) is 6.54 Å². The molecule has 0 atom stereocenters. The molecule has 2 N–H and O–H groups in total. The summed E-state index contributed by atoms with van der Waals surface area (Å²) in [5, 5.41) is 5.23. The largest absolute Gasteiger partial charge is 0.325 e. The lowest BCUT2D eigenvalue weighted by molar-refractivity contribution is -0.115. The molecule has 3 nitrogen and oxygen atoms in total. The first kappa shape index (κ1) is 15.8. The fraction of sp³-hybridized carbons (Fsp3) is 0.417. The molecule has 0 aromatic heterocycles. The van der Waals surface area contributed by atoms with Gasteiger partial charge in [0.15, 0.2) is 17.5 Å². The minimum absolute atomic E-state index is 0. The summed E-state index contributed by atoms with van der Waals surface area (Å²) in [6, 6.07) is 1.49. The summed E-state index contributed by atoms with van der Waals surface area (Å²) in [6.07, 6.45) is 2.34. The van der Waals surface area contributed by atoms with Crippen molar-refractivity contribution in [2.75, 3.05) is 18.4 Å². The molecule has 2 rings (SSSR count). The van der Waals surface area contributed by atoms with Crippen molar-refractivity contribution in [2.24, 2.45) is 5.92 Å². The fourth-order valence-corrected chi connectivity index (χ4v) is 1.54.